The Kier molecular flexibility index (Phi) is 26.7. The molecule has 53 heavy (non-hydrogen) atoms. The van der Waals surface area contributed by atoms with Crippen LogP contribution in [-0.2, 0) is 66.5 Å². The fraction of sp³-hybridized carbons (Fsp3) is 0.686. The lowest BCUT2D eigenvalue weighted by Crippen LogP contribution is -2.33. The molecule has 300 valence electrons. The zero-order valence-electron chi connectivity index (χ0n) is 30.2. The van der Waals surface area contributed by atoms with E-state index >= 15 is 0 Å². The standard InChI is InChI=1S/C35H53NO17/c37-31(35(41)42)5-6-32(38)53-28-27-52-26-25-51-24-23-50-22-21-49-20-19-48-18-17-47-16-15-46-14-13-45-12-11-44-10-9-43-8-7-36-33(39)29-3-1-2-4-30(29)34(36)40/h1-4H,5-28H2,(H,41,42). The molecule has 0 bridgehead atoms. The molecule has 0 atom stereocenters. The number of benzene rings is 1. The Bertz CT molecular complexity index is 1150. The number of hydrogen-bond donors (Lipinski definition) is 1. The lowest BCUT2D eigenvalue weighted by Gasteiger charge is -2.13. The number of amides is 2. The number of ether oxygens (including phenoxy) is 11. The molecule has 0 fully saturated rings. The van der Waals surface area contributed by atoms with Crippen LogP contribution in [0.25, 0.3) is 0 Å². The molecule has 18 heteroatoms. The normalized spacial score (nSPS) is 12.4. The van der Waals surface area contributed by atoms with Gasteiger partial charge < -0.3 is 57.2 Å². The van der Waals surface area contributed by atoms with Crippen LogP contribution in [0.3, 0.4) is 0 Å². The molecule has 18 nitrogen and oxygen atoms in total. The van der Waals surface area contributed by atoms with Crippen molar-refractivity contribution >= 4 is 29.5 Å². The minimum atomic E-state index is -1.57. The van der Waals surface area contributed by atoms with E-state index in [1.54, 1.807) is 24.3 Å². The Labute approximate surface area is 309 Å². The molecule has 1 aromatic rings. The second-order valence-corrected chi connectivity index (χ2v) is 10.9. The molecular weight excluding hydrogens is 706 g/mol. The predicted molar refractivity (Wildman–Crippen MR) is 183 cm³/mol. The van der Waals surface area contributed by atoms with Crippen LogP contribution in [0.2, 0.25) is 0 Å². The molecule has 1 heterocycles. The van der Waals surface area contributed by atoms with Gasteiger partial charge in [0, 0.05) is 6.42 Å². The van der Waals surface area contributed by atoms with Gasteiger partial charge in [0.25, 0.3) is 11.8 Å². The number of imide groups is 1. The summed E-state index contributed by atoms with van der Waals surface area (Å²) in [4.78, 5) is 58.5. The maximum atomic E-state index is 12.3. The number of carboxylic acids is 1. The molecule has 1 aromatic carbocycles. The van der Waals surface area contributed by atoms with Gasteiger partial charge >= 0.3 is 11.9 Å². The molecule has 2 rings (SSSR count). The van der Waals surface area contributed by atoms with Crippen LogP contribution in [-0.4, -0.2) is 185 Å². The summed E-state index contributed by atoms with van der Waals surface area (Å²) in [6.07, 6.45) is -0.674. The number of fused-ring (bicyclic) bond motifs is 1. The summed E-state index contributed by atoms with van der Waals surface area (Å²) in [6, 6.07) is 6.78. The third kappa shape index (κ3) is 22.4. The molecule has 0 radical (unpaired) electrons. The van der Waals surface area contributed by atoms with Crippen LogP contribution in [0.15, 0.2) is 24.3 Å². The summed E-state index contributed by atoms with van der Waals surface area (Å²) in [7, 11) is 0. The first-order chi connectivity index (χ1) is 25.9. The number of Topliss-reactive ketones (excluding diaryl/α,β-unsaturated/α-hetero) is 1. The summed E-state index contributed by atoms with van der Waals surface area (Å²) in [5.41, 5.74) is 0.861. The number of aliphatic carboxylic acids is 1. The number of carbonyl (C=O) groups is 5. The van der Waals surface area contributed by atoms with Crippen molar-refractivity contribution < 1.29 is 81.2 Å². The second-order valence-electron chi connectivity index (χ2n) is 10.9. The van der Waals surface area contributed by atoms with E-state index in [1.807, 2.05) is 0 Å². The Morgan fingerprint density at radius 3 is 1.08 bits per heavy atom. The molecule has 2 amide bonds. The van der Waals surface area contributed by atoms with Crippen LogP contribution in [0.1, 0.15) is 33.6 Å². The van der Waals surface area contributed by atoms with E-state index < -0.39 is 24.1 Å². The van der Waals surface area contributed by atoms with Crippen molar-refractivity contribution in [3.8, 4) is 0 Å². The number of carboxylic acid groups (broad SMARTS) is 1. The van der Waals surface area contributed by atoms with Crippen LogP contribution in [0, 0.1) is 0 Å². The van der Waals surface area contributed by atoms with Crippen LogP contribution < -0.4 is 0 Å². The van der Waals surface area contributed by atoms with Gasteiger partial charge in [-0.3, -0.25) is 24.1 Å². The topological polar surface area (TPSA) is 210 Å². The van der Waals surface area contributed by atoms with E-state index in [1.165, 1.54) is 4.90 Å². The molecule has 0 saturated heterocycles. The Hall–Kier alpha value is -3.43. The first-order valence-corrected chi connectivity index (χ1v) is 17.6. The molecule has 1 N–H and O–H groups in total. The van der Waals surface area contributed by atoms with Gasteiger partial charge in [-0.25, -0.2) is 4.79 Å². The SMILES string of the molecule is O=C(CCC(=O)C(=O)O)OCCOCCOCCOCCOCCOCCOCCOCCOCCOCCOCCN1C(=O)c2ccccc2C1=O. The number of carbonyl (C=O) groups excluding carboxylic acids is 4. The maximum Gasteiger partial charge on any atom is 0.372 e. The van der Waals surface area contributed by atoms with E-state index in [2.05, 4.69) is 0 Å². The summed E-state index contributed by atoms with van der Waals surface area (Å²) in [5.74, 6) is -3.84. The first-order valence-electron chi connectivity index (χ1n) is 17.6. The van der Waals surface area contributed by atoms with Gasteiger partial charge in [0.15, 0.2) is 0 Å². The van der Waals surface area contributed by atoms with Gasteiger partial charge in [-0.15, -0.1) is 0 Å². The lowest BCUT2D eigenvalue weighted by atomic mass is 10.1. The zero-order valence-corrected chi connectivity index (χ0v) is 30.2. The quantitative estimate of drug-likeness (QED) is 0.0422. The Balaban J connectivity index is 1.18. The van der Waals surface area contributed by atoms with Gasteiger partial charge in [-0.05, 0) is 12.1 Å². The monoisotopic (exact) mass is 759 g/mol. The van der Waals surface area contributed by atoms with Crippen molar-refractivity contribution in [1.82, 2.24) is 4.90 Å². The van der Waals surface area contributed by atoms with Crippen molar-refractivity contribution in [3.63, 3.8) is 0 Å². The third-order valence-corrected chi connectivity index (χ3v) is 6.97. The second kappa shape index (κ2) is 31.0. The van der Waals surface area contributed by atoms with E-state index in [0.29, 0.717) is 130 Å². The molecule has 1 aliphatic heterocycles. The van der Waals surface area contributed by atoms with E-state index in [4.69, 9.17) is 57.2 Å². The van der Waals surface area contributed by atoms with Gasteiger partial charge in [0.1, 0.15) is 6.61 Å². The highest BCUT2D eigenvalue weighted by atomic mass is 16.6. The van der Waals surface area contributed by atoms with Crippen molar-refractivity contribution in [3.05, 3.63) is 35.4 Å². The number of nitrogens with zero attached hydrogens (tertiary/aromatic N) is 1. The zero-order chi connectivity index (χ0) is 38.2. The van der Waals surface area contributed by atoms with Gasteiger partial charge in [-0.2, -0.15) is 0 Å². The van der Waals surface area contributed by atoms with E-state index in [-0.39, 0.29) is 44.6 Å². The van der Waals surface area contributed by atoms with Crippen LogP contribution >= 0.6 is 0 Å². The van der Waals surface area contributed by atoms with Crippen molar-refractivity contribution in [2.24, 2.45) is 0 Å². The number of ketones is 1. The Morgan fingerprint density at radius 2 is 0.755 bits per heavy atom. The molecular formula is C35H53NO17. The maximum absolute atomic E-state index is 12.3. The summed E-state index contributed by atoms with van der Waals surface area (Å²) >= 11 is 0. The average molecular weight is 760 g/mol. The van der Waals surface area contributed by atoms with Crippen LogP contribution in [0.4, 0.5) is 0 Å². The summed E-state index contributed by atoms with van der Waals surface area (Å²) in [5, 5.41) is 8.45. The van der Waals surface area contributed by atoms with Gasteiger partial charge in [-0.1, -0.05) is 12.1 Å². The minimum absolute atomic E-state index is 0.00531. The molecule has 0 aromatic heterocycles. The van der Waals surface area contributed by atoms with E-state index in [0.717, 1.165) is 0 Å². The van der Waals surface area contributed by atoms with Crippen molar-refractivity contribution in [1.29, 1.82) is 0 Å². The fourth-order valence-electron chi connectivity index (χ4n) is 4.29. The minimum Gasteiger partial charge on any atom is -0.476 e. The van der Waals surface area contributed by atoms with Gasteiger partial charge in [0.2, 0.25) is 5.78 Å². The predicted octanol–water partition coefficient (Wildman–Crippen LogP) is 0.426. The number of esters is 1. The van der Waals surface area contributed by atoms with Crippen molar-refractivity contribution in [2.75, 3.05) is 145 Å². The van der Waals surface area contributed by atoms with Crippen LogP contribution in [0.5, 0.6) is 0 Å². The largest absolute Gasteiger partial charge is 0.476 e. The van der Waals surface area contributed by atoms with Gasteiger partial charge in [0.05, 0.1) is 156 Å². The summed E-state index contributed by atoms with van der Waals surface area (Å²) < 4.78 is 59.1. The first kappa shape index (κ1) is 45.7. The smallest absolute Gasteiger partial charge is 0.372 e. The lowest BCUT2D eigenvalue weighted by molar-refractivity contribution is -0.151. The van der Waals surface area contributed by atoms with Crippen molar-refractivity contribution in [2.45, 2.75) is 12.8 Å². The fourth-order valence-corrected chi connectivity index (χ4v) is 4.29. The molecule has 0 saturated carbocycles. The molecule has 1 aliphatic rings. The molecule has 0 aliphatic carbocycles. The van der Waals surface area contributed by atoms with E-state index in [9.17, 15) is 24.0 Å². The number of hydrogen-bond acceptors (Lipinski definition) is 16. The Morgan fingerprint density at radius 1 is 0.453 bits per heavy atom. The average Bonchev–Trinajstić information content (AvgIpc) is 3.40. The highest BCUT2D eigenvalue weighted by molar-refractivity contribution is 6.32. The highest BCUT2D eigenvalue weighted by Crippen LogP contribution is 2.21. The highest BCUT2D eigenvalue weighted by Gasteiger charge is 2.34. The number of rotatable bonds is 37. The molecule has 0 unspecified atom stereocenters. The third-order valence-electron chi connectivity index (χ3n) is 6.97. The summed E-state index contributed by atoms with van der Waals surface area (Å²) in [6.45, 7) is 8.04. The molecule has 0 spiro atoms.